The molecule has 6 aromatic rings. The van der Waals surface area contributed by atoms with E-state index in [9.17, 15) is 0 Å². The average Bonchev–Trinajstić information content (AvgIpc) is 2.95. The average molecular weight is 499 g/mol. The van der Waals surface area contributed by atoms with Crippen molar-refractivity contribution in [2.45, 2.75) is 13.8 Å². The maximum atomic E-state index is 6.87. The quantitative estimate of drug-likeness (QED) is 0.235. The van der Waals surface area contributed by atoms with Gasteiger partial charge in [-0.05, 0) is 92.4 Å². The van der Waals surface area contributed by atoms with E-state index in [0.29, 0.717) is 0 Å². The molecule has 0 saturated carbocycles. The minimum absolute atomic E-state index is 0.874. The van der Waals surface area contributed by atoms with Crippen LogP contribution in [0.1, 0.15) is 11.1 Å². The van der Waals surface area contributed by atoms with E-state index in [0.717, 1.165) is 22.6 Å². The zero-order valence-electron chi connectivity index (χ0n) is 22.0. The van der Waals surface area contributed by atoms with E-state index < -0.39 is 0 Å². The second kappa shape index (κ2) is 8.31. The highest BCUT2D eigenvalue weighted by molar-refractivity contribution is 6.09. The molecule has 0 saturated heterocycles. The van der Waals surface area contributed by atoms with Crippen LogP contribution in [-0.2, 0) is 0 Å². The Morgan fingerprint density at radius 3 is 1.64 bits per heavy atom. The van der Waals surface area contributed by atoms with Crippen LogP contribution in [0.5, 0.6) is 11.5 Å². The minimum Gasteiger partial charge on any atom is -0.456 e. The summed E-state index contributed by atoms with van der Waals surface area (Å²) >= 11 is 0. The van der Waals surface area contributed by atoms with Crippen molar-refractivity contribution in [3.05, 3.63) is 153 Å². The Bertz CT molecular complexity index is 2170. The van der Waals surface area contributed by atoms with Crippen LogP contribution in [0.4, 0.5) is 0 Å². The Hall–Kier alpha value is -4.88. The Balaban J connectivity index is 1.30. The number of benzene rings is 6. The van der Waals surface area contributed by atoms with Crippen molar-refractivity contribution in [1.82, 2.24) is 0 Å². The van der Waals surface area contributed by atoms with Crippen LogP contribution in [0.25, 0.3) is 44.5 Å². The first-order valence-electron chi connectivity index (χ1n) is 13.5. The van der Waals surface area contributed by atoms with E-state index in [1.54, 1.807) is 0 Å². The Kier molecular flexibility index (Phi) is 4.72. The second-order valence-corrected chi connectivity index (χ2v) is 10.6. The summed E-state index contributed by atoms with van der Waals surface area (Å²) in [5, 5.41) is 5.27. The van der Waals surface area contributed by atoms with Gasteiger partial charge in [0.15, 0.2) is 0 Å². The van der Waals surface area contributed by atoms with Gasteiger partial charge in [0, 0.05) is 11.1 Å². The number of rotatable bonds is 4. The lowest BCUT2D eigenvalue weighted by Crippen LogP contribution is -2.01. The molecule has 0 heterocycles. The molecule has 8 rings (SSSR count). The van der Waals surface area contributed by atoms with Gasteiger partial charge in [-0.3, -0.25) is 0 Å². The summed E-state index contributed by atoms with van der Waals surface area (Å²) < 4.78 is 6.87. The van der Waals surface area contributed by atoms with Crippen molar-refractivity contribution >= 4 is 0 Å². The summed E-state index contributed by atoms with van der Waals surface area (Å²) in [5.74, 6) is 1.75. The fourth-order valence-electron chi connectivity index (χ4n) is 6.33. The third-order valence-electron chi connectivity index (χ3n) is 8.17. The molecule has 0 atom stereocenters. The Morgan fingerprint density at radius 2 is 0.897 bits per heavy atom. The predicted molar refractivity (Wildman–Crippen MR) is 160 cm³/mol. The monoisotopic (exact) mass is 498 g/mol. The van der Waals surface area contributed by atoms with Crippen LogP contribution in [0.2, 0.25) is 0 Å². The van der Waals surface area contributed by atoms with E-state index in [-0.39, 0.29) is 0 Å². The smallest absolute Gasteiger partial charge is 0.135 e. The van der Waals surface area contributed by atoms with Crippen LogP contribution in [-0.4, -0.2) is 0 Å². The second-order valence-electron chi connectivity index (χ2n) is 10.6. The van der Waals surface area contributed by atoms with Crippen LogP contribution in [0.3, 0.4) is 0 Å². The minimum atomic E-state index is 0.874. The molecule has 6 aromatic carbocycles. The van der Waals surface area contributed by atoms with Crippen molar-refractivity contribution in [2.75, 3.05) is 0 Å². The lowest BCUT2D eigenvalue weighted by molar-refractivity contribution is 0.486. The highest BCUT2D eigenvalue weighted by atomic mass is 16.5. The van der Waals surface area contributed by atoms with Gasteiger partial charge >= 0.3 is 0 Å². The van der Waals surface area contributed by atoms with Gasteiger partial charge in [0.1, 0.15) is 11.5 Å². The first-order valence-corrected chi connectivity index (χ1v) is 13.5. The zero-order chi connectivity index (χ0) is 26.1. The van der Waals surface area contributed by atoms with Gasteiger partial charge in [-0.1, -0.05) is 108 Å². The summed E-state index contributed by atoms with van der Waals surface area (Å²) in [5.41, 5.74) is 12.4. The molecule has 0 unspecified atom stereocenters. The van der Waals surface area contributed by atoms with Gasteiger partial charge in [0.2, 0.25) is 0 Å². The van der Waals surface area contributed by atoms with Crippen molar-refractivity contribution in [2.24, 2.45) is 0 Å². The molecule has 39 heavy (non-hydrogen) atoms. The number of fused-ring (bicyclic) bond motifs is 6. The van der Waals surface area contributed by atoms with Gasteiger partial charge in [-0.15, -0.1) is 0 Å². The van der Waals surface area contributed by atoms with Crippen LogP contribution in [0, 0.1) is 34.7 Å². The zero-order valence-corrected chi connectivity index (χ0v) is 22.0. The SMILES string of the molecule is Cc1ccc(Oc2ccc(C)cc2-c2cccc3c2=c2ccccc2=3)c(-c2cccc3c2-c2ccccc2-3)c1. The summed E-state index contributed by atoms with van der Waals surface area (Å²) in [7, 11) is 0. The Morgan fingerprint density at radius 1 is 0.385 bits per heavy atom. The van der Waals surface area contributed by atoms with Crippen molar-refractivity contribution in [3.8, 4) is 56.0 Å². The molecule has 0 spiro atoms. The largest absolute Gasteiger partial charge is 0.456 e. The number of ether oxygens (including phenoxy) is 1. The fraction of sp³-hybridized carbons (Fsp3) is 0.0526. The van der Waals surface area contributed by atoms with Crippen molar-refractivity contribution < 1.29 is 4.74 Å². The molecular formula is C38H26O. The maximum Gasteiger partial charge on any atom is 0.135 e. The molecule has 1 heteroatoms. The topological polar surface area (TPSA) is 9.23 Å². The van der Waals surface area contributed by atoms with E-state index >= 15 is 0 Å². The highest BCUT2D eigenvalue weighted by Crippen LogP contribution is 2.53. The summed E-state index contributed by atoms with van der Waals surface area (Å²) in [4.78, 5) is 0. The maximum absolute atomic E-state index is 6.87. The standard InChI is InChI=1S/C38H26O/c1-23-17-19-35(33(21-23)31-15-7-13-29-25-9-3-5-11-27(25)37(29)31)39-36-20-18-24(2)22-34(36)32-16-8-14-30-26-10-4-6-12-28(26)38(30)32/h3-22H,1-2H3. The normalized spacial score (nSPS) is 11.8. The highest BCUT2D eigenvalue weighted by Gasteiger charge is 2.26. The summed E-state index contributed by atoms with van der Waals surface area (Å²) in [6, 6.07) is 43.6. The lowest BCUT2D eigenvalue weighted by atomic mass is 9.76. The molecule has 0 bridgehead atoms. The number of hydrogen-bond donors (Lipinski definition) is 0. The van der Waals surface area contributed by atoms with E-state index in [1.807, 2.05) is 0 Å². The number of hydrogen-bond acceptors (Lipinski definition) is 1. The van der Waals surface area contributed by atoms with E-state index in [1.165, 1.54) is 65.4 Å². The molecule has 184 valence electrons. The molecule has 0 aliphatic heterocycles. The van der Waals surface area contributed by atoms with Gasteiger partial charge in [0.05, 0.1) is 0 Å². The molecule has 0 aromatic heterocycles. The van der Waals surface area contributed by atoms with Gasteiger partial charge < -0.3 is 4.74 Å². The van der Waals surface area contributed by atoms with Crippen LogP contribution < -0.4 is 4.74 Å². The lowest BCUT2D eigenvalue weighted by Gasteiger charge is -2.27. The first kappa shape index (κ1) is 22.1. The van der Waals surface area contributed by atoms with Crippen molar-refractivity contribution in [1.29, 1.82) is 0 Å². The van der Waals surface area contributed by atoms with Crippen LogP contribution in [0.15, 0.2) is 121 Å². The van der Waals surface area contributed by atoms with E-state index in [4.69, 9.17) is 4.74 Å². The molecular weight excluding hydrogens is 472 g/mol. The number of aryl methyl sites for hydroxylation is 2. The molecule has 0 fully saturated rings. The third kappa shape index (κ3) is 3.26. The van der Waals surface area contributed by atoms with Gasteiger partial charge in [-0.25, -0.2) is 0 Å². The first-order chi connectivity index (χ1) is 19.2. The predicted octanol–water partition coefficient (Wildman–Crippen LogP) is 9.96. The van der Waals surface area contributed by atoms with Gasteiger partial charge in [0.25, 0.3) is 0 Å². The van der Waals surface area contributed by atoms with Crippen molar-refractivity contribution in [3.63, 3.8) is 0 Å². The molecule has 2 aliphatic carbocycles. The molecule has 0 amide bonds. The van der Waals surface area contributed by atoms with Crippen LogP contribution >= 0.6 is 0 Å². The fourth-order valence-corrected chi connectivity index (χ4v) is 6.33. The summed E-state index contributed by atoms with van der Waals surface area (Å²) in [6.45, 7) is 4.30. The summed E-state index contributed by atoms with van der Waals surface area (Å²) in [6.07, 6.45) is 0. The molecule has 2 aliphatic rings. The third-order valence-corrected chi connectivity index (χ3v) is 8.17. The van der Waals surface area contributed by atoms with Gasteiger partial charge in [-0.2, -0.15) is 0 Å². The molecule has 0 radical (unpaired) electrons. The molecule has 0 N–H and O–H groups in total. The van der Waals surface area contributed by atoms with E-state index in [2.05, 4.69) is 135 Å². The Labute approximate surface area is 227 Å². The molecule has 1 nitrogen and oxygen atoms in total.